The van der Waals surface area contributed by atoms with Gasteiger partial charge in [-0.25, -0.2) is 0 Å². The Morgan fingerprint density at radius 1 is 1.05 bits per heavy atom. The summed E-state index contributed by atoms with van der Waals surface area (Å²) in [7, 11) is 0. The Morgan fingerprint density at radius 3 is 2.45 bits per heavy atom. The lowest BCUT2D eigenvalue weighted by Gasteiger charge is -2.07. The van der Waals surface area contributed by atoms with Crippen molar-refractivity contribution in [1.29, 1.82) is 0 Å². The lowest BCUT2D eigenvalue weighted by molar-refractivity contribution is -0.121. The highest BCUT2D eigenvalue weighted by Crippen LogP contribution is 2.21. The highest BCUT2D eigenvalue weighted by atomic mass is 35.5. The van der Waals surface area contributed by atoms with Crippen molar-refractivity contribution in [2.75, 3.05) is 6.54 Å². The van der Waals surface area contributed by atoms with Gasteiger partial charge in [0.05, 0.1) is 0 Å². The average Bonchev–Trinajstić information content (AvgIpc) is 2.49. The molecule has 0 bridgehead atoms. The molecule has 1 N–H and O–H groups in total. The van der Waals surface area contributed by atoms with Gasteiger partial charge in [0, 0.05) is 23.0 Å². The van der Waals surface area contributed by atoms with Gasteiger partial charge in [0.2, 0.25) is 5.91 Å². The second kappa shape index (κ2) is 8.21. The van der Waals surface area contributed by atoms with Crippen molar-refractivity contribution in [3.63, 3.8) is 0 Å². The fourth-order valence-electron chi connectivity index (χ4n) is 2.16. The molecule has 0 radical (unpaired) electrons. The molecule has 0 spiro atoms. The van der Waals surface area contributed by atoms with E-state index in [1.54, 1.807) is 6.07 Å². The predicted octanol–water partition coefficient (Wildman–Crippen LogP) is 4.59. The Bertz CT molecular complexity index is 638. The molecule has 0 aliphatic heterocycles. The van der Waals surface area contributed by atoms with Gasteiger partial charge in [0.15, 0.2) is 0 Å². The van der Waals surface area contributed by atoms with Crippen LogP contribution in [-0.4, -0.2) is 12.5 Å². The Balaban J connectivity index is 1.72. The number of hydrogen-bond donors (Lipinski definition) is 1. The van der Waals surface area contributed by atoms with Crippen LogP contribution in [0.15, 0.2) is 42.5 Å². The SMILES string of the molecule is Cc1ccc(CCC(=O)NCCc2ccc(Cl)cc2Cl)cc1. The van der Waals surface area contributed by atoms with Crippen molar-refractivity contribution in [3.8, 4) is 0 Å². The van der Waals surface area contributed by atoms with Crippen LogP contribution in [0.1, 0.15) is 23.1 Å². The van der Waals surface area contributed by atoms with Crippen molar-refractivity contribution in [1.82, 2.24) is 5.32 Å². The van der Waals surface area contributed by atoms with E-state index in [0.29, 0.717) is 29.4 Å². The van der Waals surface area contributed by atoms with E-state index in [4.69, 9.17) is 23.2 Å². The first-order valence-electron chi connectivity index (χ1n) is 7.31. The van der Waals surface area contributed by atoms with Crippen molar-refractivity contribution in [3.05, 3.63) is 69.2 Å². The van der Waals surface area contributed by atoms with E-state index in [1.807, 2.05) is 12.1 Å². The number of halogens is 2. The molecule has 2 rings (SSSR count). The maximum atomic E-state index is 11.8. The maximum absolute atomic E-state index is 11.8. The van der Waals surface area contributed by atoms with Crippen LogP contribution in [0.25, 0.3) is 0 Å². The fraction of sp³-hybridized carbons (Fsp3) is 0.278. The molecule has 0 aliphatic rings. The zero-order valence-electron chi connectivity index (χ0n) is 12.5. The molecule has 0 unspecified atom stereocenters. The van der Waals surface area contributed by atoms with Crippen molar-refractivity contribution < 1.29 is 4.79 Å². The topological polar surface area (TPSA) is 29.1 Å². The number of carbonyl (C=O) groups is 1. The number of benzene rings is 2. The van der Waals surface area contributed by atoms with Crippen LogP contribution in [0.2, 0.25) is 10.0 Å². The minimum Gasteiger partial charge on any atom is -0.356 e. The summed E-state index contributed by atoms with van der Waals surface area (Å²) >= 11 is 12.0. The van der Waals surface area contributed by atoms with E-state index >= 15 is 0 Å². The molecule has 0 saturated carbocycles. The van der Waals surface area contributed by atoms with Crippen molar-refractivity contribution in [2.45, 2.75) is 26.2 Å². The zero-order chi connectivity index (χ0) is 15.9. The van der Waals surface area contributed by atoms with Gasteiger partial charge in [-0.3, -0.25) is 4.79 Å². The highest BCUT2D eigenvalue weighted by molar-refractivity contribution is 6.35. The Hall–Kier alpha value is -1.51. The number of amides is 1. The molecule has 4 heteroatoms. The molecule has 2 aromatic rings. The minimum atomic E-state index is 0.0608. The van der Waals surface area contributed by atoms with Crippen LogP contribution in [-0.2, 0) is 17.6 Å². The van der Waals surface area contributed by atoms with Crippen LogP contribution in [0, 0.1) is 6.92 Å². The summed E-state index contributed by atoms with van der Waals surface area (Å²) in [6, 6.07) is 13.7. The molecule has 0 aliphatic carbocycles. The van der Waals surface area contributed by atoms with E-state index < -0.39 is 0 Å². The predicted molar refractivity (Wildman–Crippen MR) is 92.7 cm³/mol. The summed E-state index contributed by atoms with van der Waals surface area (Å²) in [5, 5.41) is 4.19. The summed E-state index contributed by atoms with van der Waals surface area (Å²) in [4.78, 5) is 11.8. The summed E-state index contributed by atoms with van der Waals surface area (Å²) in [6.45, 7) is 2.63. The number of aryl methyl sites for hydroxylation is 2. The monoisotopic (exact) mass is 335 g/mol. The summed E-state index contributed by atoms with van der Waals surface area (Å²) in [6.07, 6.45) is 1.96. The summed E-state index contributed by atoms with van der Waals surface area (Å²) in [5.74, 6) is 0.0608. The van der Waals surface area contributed by atoms with E-state index in [-0.39, 0.29) is 5.91 Å². The van der Waals surface area contributed by atoms with Crippen LogP contribution >= 0.6 is 23.2 Å². The standard InChI is InChI=1S/C18H19Cl2NO/c1-13-2-4-14(5-3-13)6-9-18(22)21-11-10-15-7-8-16(19)12-17(15)20/h2-5,7-8,12H,6,9-11H2,1H3,(H,21,22). The van der Waals surface area contributed by atoms with Crippen LogP contribution in [0.3, 0.4) is 0 Å². The number of carbonyl (C=O) groups excluding carboxylic acids is 1. The summed E-state index contributed by atoms with van der Waals surface area (Å²) in [5.41, 5.74) is 3.40. The van der Waals surface area contributed by atoms with Crippen LogP contribution in [0.5, 0.6) is 0 Å². The molecule has 0 fully saturated rings. The number of hydrogen-bond acceptors (Lipinski definition) is 1. The van der Waals surface area contributed by atoms with Gasteiger partial charge < -0.3 is 5.32 Å². The Labute approximate surface area is 141 Å². The average molecular weight is 336 g/mol. The lowest BCUT2D eigenvalue weighted by atomic mass is 10.1. The molecule has 116 valence electrons. The first kappa shape index (κ1) is 16.9. The number of rotatable bonds is 6. The molecule has 0 atom stereocenters. The van der Waals surface area contributed by atoms with Gasteiger partial charge in [-0.15, -0.1) is 0 Å². The Kier molecular flexibility index (Phi) is 6.29. The van der Waals surface area contributed by atoms with E-state index in [1.165, 1.54) is 11.1 Å². The van der Waals surface area contributed by atoms with Crippen LogP contribution < -0.4 is 5.32 Å². The molecule has 22 heavy (non-hydrogen) atoms. The largest absolute Gasteiger partial charge is 0.356 e. The lowest BCUT2D eigenvalue weighted by Crippen LogP contribution is -2.25. The fourth-order valence-corrected chi connectivity index (χ4v) is 2.67. The second-order valence-electron chi connectivity index (χ2n) is 5.32. The number of nitrogens with one attached hydrogen (secondary N) is 1. The first-order chi connectivity index (χ1) is 10.5. The molecular formula is C18H19Cl2NO. The van der Waals surface area contributed by atoms with Gasteiger partial charge in [-0.2, -0.15) is 0 Å². The van der Waals surface area contributed by atoms with Gasteiger partial charge in [0.25, 0.3) is 0 Å². The molecule has 0 heterocycles. The molecule has 0 saturated heterocycles. The first-order valence-corrected chi connectivity index (χ1v) is 8.06. The molecular weight excluding hydrogens is 317 g/mol. The smallest absolute Gasteiger partial charge is 0.220 e. The molecule has 2 nitrogen and oxygen atoms in total. The highest BCUT2D eigenvalue weighted by Gasteiger charge is 2.04. The molecule has 0 aromatic heterocycles. The third-order valence-corrected chi connectivity index (χ3v) is 4.08. The van der Waals surface area contributed by atoms with Gasteiger partial charge in [-0.1, -0.05) is 59.1 Å². The van der Waals surface area contributed by atoms with E-state index in [0.717, 1.165) is 12.0 Å². The van der Waals surface area contributed by atoms with E-state index in [2.05, 4.69) is 36.5 Å². The summed E-state index contributed by atoms with van der Waals surface area (Å²) < 4.78 is 0. The van der Waals surface area contributed by atoms with Crippen molar-refractivity contribution >= 4 is 29.1 Å². The van der Waals surface area contributed by atoms with Crippen molar-refractivity contribution in [2.24, 2.45) is 0 Å². The normalized spacial score (nSPS) is 10.5. The van der Waals surface area contributed by atoms with Crippen LogP contribution in [0.4, 0.5) is 0 Å². The van der Waals surface area contributed by atoms with Gasteiger partial charge in [-0.05, 0) is 43.0 Å². The third-order valence-electron chi connectivity index (χ3n) is 3.49. The van der Waals surface area contributed by atoms with Gasteiger partial charge >= 0.3 is 0 Å². The maximum Gasteiger partial charge on any atom is 0.220 e. The molecule has 2 aromatic carbocycles. The quantitative estimate of drug-likeness (QED) is 0.821. The van der Waals surface area contributed by atoms with Gasteiger partial charge in [0.1, 0.15) is 0 Å². The zero-order valence-corrected chi connectivity index (χ0v) is 14.0. The Morgan fingerprint density at radius 2 is 1.77 bits per heavy atom. The third kappa shape index (κ3) is 5.36. The molecule has 1 amide bonds. The second-order valence-corrected chi connectivity index (χ2v) is 6.16. The van der Waals surface area contributed by atoms with E-state index in [9.17, 15) is 4.79 Å². The minimum absolute atomic E-state index is 0.0608.